The standard InChI is InChI=1S/C17H15F3N6O2S/c18-17(19,20)12-1-3-13(4-2-12)26-16(22-23-24-26)10-25-8-7-11-9-14(29(21,27)28)5-6-15(11)25/h1-6,9H,7-8,10H2,(H2,21,27,28). The summed E-state index contributed by atoms with van der Waals surface area (Å²) in [4.78, 5) is 2.02. The van der Waals surface area contributed by atoms with Crippen LogP contribution in [0.3, 0.4) is 0 Å². The van der Waals surface area contributed by atoms with E-state index in [0.717, 1.165) is 23.4 Å². The van der Waals surface area contributed by atoms with Crippen molar-refractivity contribution in [1.29, 1.82) is 0 Å². The Morgan fingerprint density at radius 2 is 1.83 bits per heavy atom. The largest absolute Gasteiger partial charge is 0.416 e. The van der Waals surface area contributed by atoms with Crippen molar-refractivity contribution in [3.8, 4) is 5.69 Å². The number of halogens is 3. The molecule has 0 saturated heterocycles. The Morgan fingerprint density at radius 3 is 2.48 bits per heavy atom. The third-order valence-electron chi connectivity index (χ3n) is 4.68. The van der Waals surface area contributed by atoms with Crippen LogP contribution in [0, 0.1) is 0 Å². The van der Waals surface area contributed by atoms with Gasteiger partial charge in [0.25, 0.3) is 0 Å². The summed E-state index contributed by atoms with van der Waals surface area (Å²) in [5.74, 6) is 0.438. The normalized spacial score (nSPS) is 14.3. The van der Waals surface area contributed by atoms with Gasteiger partial charge in [-0.25, -0.2) is 13.6 Å². The average molecular weight is 424 g/mol. The first-order valence-electron chi connectivity index (χ1n) is 8.48. The Kier molecular flexibility index (Phi) is 4.54. The zero-order chi connectivity index (χ0) is 20.8. The van der Waals surface area contributed by atoms with Crippen LogP contribution in [0.2, 0.25) is 0 Å². The van der Waals surface area contributed by atoms with Crippen LogP contribution in [-0.4, -0.2) is 35.2 Å². The minimum Gasteiger partial charge on any atom is -0.363 e. The summed E-state index contributed by atoms with van der Waals surface area (Å²) in [5, 5.41) is 16.7. The highest BCUT2D eigenvalue weighted by molar-refractivity contribution is 7.89. The summed E-state index contributed by atoms with van der Waals surface area (Å²) in [6.45, 7) is 0.916. The van der Waals surface area contributed by atoms with Crippen LogP contribution in [0.15, 0.2) is 47.4 Å². The van der Waals surface area contributed by atoms with E-state index in [9.17, 15) is 21.6 Å². The van der Waals surface area contributed by atoms with Gasteiger partial charge in [-0.3, -0.25) is 0 Å². The zero-order valence-electron chi connectivity index (χ0n) is 14.8. The molecule has 152 valence electrons. The van der Waals surface area contributed by atoms with Crippen molar-refractivity contribution < 1.29 is 21.6 Å². The van der Waals surface area contributed by atoms with E-state index in [1.807, 2.05) is 4.90 Å². The lowest BCUT2D eigenvalue weighted by Gasteiger charge is -2.19. The predicted octanol–water partition coefficient (Wildman–Crippen LogP) is 1.89. The second-order valence-corrected chi connectivity index (χ2v) is 8.12. The number of rotatable bonds is 4. The van der Waals surface area contributed by atoms with Gasteiger partial charge in [0, 0.05) is 12.2 Å². The molecule has 1 aliphatic rings. The zero-order valence-corrected chi connectivity index (χ0v) is 15.7. The summed E-state index contributed by atoms with van der Waals surface area (Å²) in [7, 11) is -3.78. The number of nitrogens with zero attached hydrogens (tertiary/aromatic N) is 5. The smallest absolute Gasteiger partial charge is 0.363 e. The van der Waals surface area contributed by atoms with E-state index in [-0.39, 0.29) is 4.90 Å². The number of primary sulfonamides is 1. The van der Waals surface area contributed by atoms with Crippen LogP contribution in [0.25, 0.3) is 5.69 Å². The van der Waals surface area contributed by atoms with E-state index < -0.39 is 21.8 Å². The van der Waals surface area contributed by atoms with Gasteiger partial charge in [0.1, 0.15) is 0 Å². The maximum Gasteiger partial charge on any atom is 0.416 e. The van der Waals surface area contributed by atoms with Crippen molar-refractivity contribution >= 4 is 15.7 Å². The molecule has 0 unspecified atom stereocenters. The molecule has 0 atom stereocenters. The molecule has 2 N–H and O–H groups in total. The number of nitrogens with two attached hydrogens (primary N) is 1. The molecule has 3 aromatic rings. The fourth-order valence-corrected chi connectivity index (χ4v) is 3.82. The van der Waals surface area contributed by atoms with Crippen molar-refractivity contribution in [3.05, 3.63) is 59.4 Å². The molecule has 8 nitrogen and oxygen atoms in total. The van der Waals surface area contributed by atoms with Gasteiger partial charge in [-0.15, -0.1) is 5.10 Å². The molecule has 0 amide bonds. The van der Waals surface area contributed by atoms with Crippen molar-refractivity contribution in [2.45, 2.75) is 24.0 Å². The highest BCUT2D eigenvalue weighted by atomic mass is 32.2. The molecule has 1 aliphatic heterocycles. The first kappa shape index (κ1) is 19.3. The SMILES string of the molecule is NS(=O)(=O)c1ccc2c(c1)CCN2Cc1nnnn1-c1ccc(C(F)(F)F)cc1. The summed E-state index contributed by atoms with van der Waals surface area (Å²) in [6, 6.07) is 9.21. The summed E-state index contributed by atoms with van der Waals surface area (Å²) >= 11 is 0. The van der Waals surface area contributed by atoms with Crippen LogP contribution in [0.1, 0.15) is 17.0 Å². The van der Waals surface area contributed by atoms with Gasteiger partial charge in [-0.05, 0) is 64.9 Å². The number of fused-ring (bicyclic) bond motifs is 1. The maximum atomic E-state index is 12.8. The third kappa shape index (κ3) is 3.80. The van der Waals surface area contributed by atoms with Gasteiger partial charge in [-0.2, -0.15) is 17.9 Å². The van der Waals surface area contributed by atoms with E-state index in [2.05, 4.69) is 15.5 Å². The second-order valence-electron chi connectivity index (χ2n) is 6.56. The summed E-state index contributed by atoms with van der Waals surface area (Å²) in [5.41, 5.74) is 1.32. The highest BCUT2D eigenvalue weighted by Gasteiger charge is 2.30. The predicted molar refractivity (Wildman–Crippen MR) is 96.7 cm³/mol. The molecule has 0 fully saturated rings. The van der Waals surface area contributed by atoms with Crippen LogP contribution in [-0.2, 0) is 29.2 Å². The van der Waals surface area contributed by atoms with Crippen LogP contribution >= 0.6 is 0 Å². The number of alkyl halides is 3. The number of hydrogen-bond acceptors (Lipinski definition) is 6. The number of aromatic nitrogens is 4. The number of hydrogen-bond donors (Lipinski definition) is 1. The Hall–Kier alpha value is -2.99. The number of sulfonamides is 1. The first-order valence-corrected chi connectivity index (χ1v) is 10.0. The minimum atomic E-state index is -4.42. The Labute approximate surface area is 163 Å². The summed E-state index contributed by atoms with van der Waals surface area (Å²) in [6.07, 6.45) is -3.79. The lowest BCUT2D eigenvalue weighted by molar-refractivity contribution is -0.137. The van der Waals surface area contributed by atoms with Crippen molar-refractivity contribution in [1.82, 2.24) is 20.2 Å². The fraction of sp³-hybridized carbons (Fsp3) is 0.235. The Balaban J connectivity index is 1.59. The number of anilines is 1. The molecule has 0 bridgehead atoms. The van der Waals surface area contributed by atoms with Gasteiger partial charge in [-0.1, -0.05) is 0 Å². The van der Waals surface area contributed by atoms with Gasteiger partial charge in [0.2, 0.25) is 10.0 Å². The molecule has 0 radical (unpaired) electrons. The molecule has 0 spiro atoms. The third-order valence-corrected chi connectivity index (χ3v) is 5.59. The van der Waals surface area contributed by atoms with E-state index in [1.54, 1.807) is 12.1 Å². The molecule has 2 aromatic carbocycles. The number of benzene rings is 2. The molecule has 4 rings (SSSR count). The lowest BCUT2D eigenvalue weighted by Crippen LogP contribution is -2.22. The molecule has 2 heterocycles. The highest BCUT2D eigenvalue weighted by Crippen LogP contribution is 2.32. The Bertz CT molecular complexity index is 1160. The molecule has 12 heteroatoms. The lowest BCUT2D eigenvalue weighted by atomic mass is 10.2. The van der Waals surface area contributed by atoms with Gasteiger partial charge in [0.15, 0.2) is 5.82 Å². The van der Waals surface area contributed by atoms with Crippen molar-refractivity contribution in [3.63, 3.8) is 0 Å². The topological polar surface area (TPSA) is 107 Å². The van der Waals surface area contributed by atoms with E-state index in [0.29, 0.717) is 31.0 Å². The summed E-state index contributed by atoms with van der Waals surface area (Å²) < 4.78 is 62.7. The molecule has 29 heavy (non-hydrogen) atoms. The maximum absolute atomic E-state index is 12.8. The Morgan fingerprint density at radius 1 is 1.10 bits per heavy atom. The minimum absolute atomic E-state index is 0.0488. The van der Waals surface area contributed by atoms with E-state index in [1.165, 1.54) is 22.9 Å². The average Bonchev–Trinajstić information content (AvgIpc) is 3.27. The van der Waals surface area contributed by atoms with Crippen LogP contribution in [0.4, 0.5) is 18.9 Å². The van der Waals surface area contributed by atoms with Crippen LogP contribution < -0.4 is 10.0 Å². The van der Waals surface area contributed by atoms with Crippen LogP contribution in [0.5, 0.6) is 0 Å². The van der Waals surface area contributed by atoms with Gasteiger partial charge < -0.3 is 4.90 Å². The fourth-order valence-electron chi connectivity index (χ4n) is 3.25. The van der Waals surface area contributed by atoms with Gasteiger partial charge in [0.05, 0.1) is 22.7 Å². The van der Waals surface area contributed by atoms with Gasteiger partial charge >= 0.3 is 6.18 Å². The molecule has 0 saturated carbocycles. The van der Waals surface area contributed by atoms with Crippen molar-refractivity contribution in [2.75, 3.05) is 11.4 Å². The monoisotopic (exact) mass is 424 g/mol. The first-order chi connectivity index (χ1) is 13.6. The molecular weight excluding hydrogens is 409 g/mol. The second kappa shape index (κ2) is 6.81. The van der Waals surface area contributed by atoms with E-state index in [4.69, 9.17) is 5.14 Å². The quantitative estimate of drug-likeness (QED) is 0.686. The van der Waals surface area contributed by atoms with Crippen molar-refractivity contribution in [2.24, 2.45) is 5.14 Å². The molecule has 0 aliphatic carbocycles. The van der Waals surface area contributed by atoms with E-state index >= 15 is 0 Å². The number of tetrazole rings is 1. The molecular formula is C17H15F3N6O2S. The molecule has 1 aromatic heterocycles.